The number of benzene rings is 6. The smallest absolute Gasteiger partial charge is 0.0640 e. The summed E-state index contributed by atoms with van der Waals surface area (Å²) in [6.07, 6.45) is 7.25. The van der Waals surface area contributed by atoms with Crippen LogP contribution in [0.1, 0.15) is 63.5 Å². The van der Waals surface area contributed by atoms with Crippen molar-refractivity contribution in [2.45, 2.75) is 57.8 Å². The summed E-state index contributed by atoms with van der Waals surface area (Å²) in [6, 6.07) is 52.1. The van der Waals surface area contributed by atoms with Gasteiger partial charge in [-0.25, -0.2) is 0 Å². The second-order valence-corrected chi connectivity index (χ2v) is 14.1. The summed E-state index contributed by atoms with van der Waals surface area (Å²) in [6.45, 7) is 4.66. The first-order valence-corrected chi connectivity index (χ1v) is 18.1. The number of nitrogens with zero attached hydrogens (tertiary/aromatic N) is 1. The van der Waals surface area contributed by atoms with E-state index in [-0.39, 0.29) is 5.41 Å². The molecule has 1 aliphatic carbocycles. The van der Waals surface area contributed by atoms with Gasteiger partial charge in [0.2, 0.25) is 0 Å². The number of hydrogen-bond donors (Lipinski definition) is 0. The Morgan fingerprint density at radius 3 is 1.96 bits per heavy atom. The molecular weight excluding hydrogens is 587 g/mol. The lowest BCUT2D eigenvalue weighted by molar-refractivity contribution is 0.414. The van der Waals surface area contributed by atoms with Crippen LogP contribution in [-0.2, 0) is 5.41 Å². The molecule has 1 nitrogen and oxygen atoms in total. The zero-order chi connectivity index (χ0) is 31.8. The summed E-state index contributed by atoms with van der Waals surface area (Å²) in [5.74, 6) is 0. The number of fused-ring (bicyclic) bond motifs is 6. The molecule has 47 heavy (non-hydrogen) atoms. The summed E-state index contributed by atoms with van der Waals surface area (Å²) in [5.41, 5.74) is 12.0. The van der Waals surface area contributed by atoms with E-state index in [1.165, 1.54) is 109 Å². The predicted molar refractivity (Wildman–Crippen MR) is 205 cm³/mol. The van der Waals surface area contributed by atoms with E-state index in [2.05, 4.69) is 158 Å². The van der Waals surface area contributed by atoms with Gasteiger partial charge >= 0.3 is 0 Å². The first kappa shape index (κ1) is 29.7. The predicted octanol–water partition coefficient (Wildman–Crippen LogP) is 13.8. The second-order valence-electron chi connectivity index (χ2n) is 13.1. The molecule has 0 atom stereocenters. The van der Waals surface area contributed by atoms with Crippen LogP contribution in [0, 0.1) is 0 Å². The average Bonchev–Trinajstić information content (AvgIpc) is 3.65. The molecule has 6 aromatic carbocycles. The van der Waals surface area contributed by atoms with Gasteiger partial charge in [0, 0.05) is 32.3 Å². The Labute approximate surface area is 283 Å². The minimum atomic E-state index is 0.0421. The van der Waals surface area contributed by atoms with E-state index in [1.807, 2.05) is 11.3 Å². The molecule has 0 saturated carbocycles. The molecule has 0 saturated heterocycles. The van der Waals surface area contributed by atoms with Gasteiger partial charge in [0.15, 0.2) is 0 Å². The standard InChI is InChI=1S/C45H41NS/c1-3-5-29-45(30-6-4-2)40-20-12-10-17-36(40)37-28-27-35(31-41(37)45)46(34-25-23-33(24-26-34)32-15-8-7-9-16-32)42-21-14-19-39-38-18-11-13-22-43(38)47-44(39)42/h7-28,31H,3-6,29-30H2,1-2H3. The fourth-order valence-corrected chi connectivity index (χ4v) is 9.18. The van der Waals surface area contributed by atoms with Crippen LogP contribution in [0.3, 0.4) is 0 Å². The molecule has 1 heterocycles. The monoisotopic (exact) mass is 627 g/mol. The highest BCUT2D eigenvalue weighted by molar-refractivity contribution is 7.26. The summed E-state index contributed by atoms with van der Waals surface area (Å²) < 4.78 is 2.66. The highest BCUT2D eigenvalue weighted by Crippen LogP contribution is 2.56. The van der Waals surface area contributed by atoms with E-state index in [1.54, 1.807) is 0 Å². The average molecular weight is 628 g/mol. The van der Waals surface area contributed by atoms with Gasteiger partial charge in [-0.3, -0.25) is 0 Å². The summed E-state index contributed by atoms with van der Waals surface area (Å²) in [4.78, 5) is 2.51. The van der Waals surface area contributed by atoms with Crippen LogP contribution in [-0.4, -0.2) is 0 Å². The molecule has 8 rings (SSSR count). The molecule has 232 valence electrons. The van der Waals surface area contributed by atoms with Gasteiger partial charge in [0.25, 0.3) is 0 Å². The SMILES string of the molecule is CCCCC1(CCCC)c2ccccc2-c2ccc(N(c3ccc(-c4ccccc4)cc3)c3cccc4c3sc3ccccc34)cc21. The molecule has 0 amide bonds. The van der Waals surface area contributed by atoms with Crippen LogP contribution in [0.4, 0.5) is 17.1 Å². The quantitative estimate of drug-likeness (QED) is 0.146. The molecular formula is C45H41NS. The molecule has 1 aromatic heterocycles. The van der Waals surface area contributed by atoms with E-state index < -0.39 is 0 Å². The molecule has 7 aromatic rings. The number of thiophene rings is 1. The topological polar surface area (TPSA) is 3.24 Å². The van der Waals surface area contributed by atoms with Gasteiger partial charge in [-0.15, -0.1) is 11.3 Å². The Bertz CT molecular complexity index is 2160. The Morgan fingerprint density at radius 1 is 0.532 bits per heavy atom. The molecule has 0 N–H and O–H groups in total. The fourth-order valence-electron chi connectivity index (χ4n) is 7.97. The van der Waals surface area contributed by atoms with Gasteiger partial charge < -0.3 is 4.90 Å². The Morgan fingerprint density at radius 2 is 1.17 bits per heavy atom. The number of anilines is 3. The van der Waals surface area contributed by atoms with Gasteiger partial charge in [-0.05, 0) is 82.6 Å². The number of rotatable bonds is 10. The van der Waals surface area contributed by atoms with E-state index in [0.717, 1.165) is 0 Å². The van der Waals surface area contributed by atoms with Crippen LogP contribution in [0.5, 0.6) is 0 Å². The van der Waals surface area contributed by atoms with Crippen molar-refractivity contribution >= 4 is 48.6 Å². The zero-order valence-corrected chi connectivity index (χ0v) is 28.2. The molecule has 0 aliphatic heterocycles. The van der Waals surface area contributed by atoms with Crippen molar-refractivity contribution in [3.05, 3.63) is 151 Å². The van der Waals surface area contributed by atoms with E-state index in [9.17, 15) is 0 Å². The van der Waals surface area contributed by atoms with Crippen molar-refractivity contribution in [1.29, 1.82) is 0 Å². The molecule has 0 fully saturated rings. The zero-order valence-electron chi connectivity index (χ0n) is 27.4. The van der Waals surface area contributed by atoms with Crippen molar-refractivity contribution in [3.8, 4) is 22.3 Å². The van der Waals surface area contributed by atoms with Gasteiger partial charge in [0.05, 0.1) is 10.4 Å². The lowest BCUT2D eigenvalue weighted by Crippen LogP contribution is -2.25. The molecule has 0 bridgehead atoms. The molecule has 0 spiro atoms. The fraction of sp³-hybridized carbons (Fsp3) is 0.200. The summed E-state index contributed by atoms with van der Waals surface area (Å²) >= 11 is 1.90. The normalized spacial score (nSPS) is 13.1. The third-order valence-electron chi connectivity index (χ3n) is 10.3. The summed E-state index contributed by atoms with van der Waals surface area (Å²) in [5, 5.41) is 2.65. The van der Waals surface area contributed by atoms with Crippen molar-refractivity contribution in [1.82, 2.24) is 0 Å². The largest absolute Gasteiger partial charge is 0.309 e. The van der Waals surface area contributed by atoms with Crippen LogP contribution in [0.2, 0.25) is 0 Å². The maximum atomic E-state index is 2.55. The highest BCUT2D eigenvalue weighted by Gasteiger charge is 2.42. The van der Waals surface area contributed by atoms with Crippen LogP contribution >= 0.6 is 11.3 Å². The molecule has 0 unspecified atom stereocenters. The van der Waals surface area contributed by atoms with Crippen LogP contribution in [0.25, 0.3) is 42.4 Å². The van der Waals surface area contributed by atoms with Crippen LogP contribution in [0.15, 0.2) is 140 Å². The van der Waals surface area contributed by atoms with Crippen molar-refractivity contribution < 1.29 is 0 Å². The maximum absolute atomic E-state index is 2.55. The molecule has 2 heteroatoms. The Hall–Kier alpha value is -4.66. The van der Waals surface area contributed by atoms with Gasteiger partial charge in [-0.1, -0.05) is 143 Å². The van der Waals surface area contributed by atoms with E-state index in [0.29, 0.717) is 0 Å². The first-order valence-electron chi connectivity index (χ1n) is 17.3. The third kappa shape index (κ3) is 5.07. The Balaban J connectivity index is 1.35. The van der Waals surface area contributed by atoms with Gasteiger partial charge in [0.1, 0.15) is 0 Å². The number of unbranched alkanes of at least 4 members (excludes halogenated alkanes) is 2. The lowest BCUT2D eigenvalue weighted by Gasteiger charge is -2.34. The van der Waals surface area contributed by atoms with Gasteiger partial charge in [-0.2, -0.15) is 0 Å². The third-order valence-corrected chi connectivity index (χ3v) is 11.5. The van der Waals surface area contributed by atoms with Crippen LogP contribution < -0.4 is 4.90 Å². The second kappa shape index (κ2) is 12.5. The Kier molecular flexibility index (Phi) is 7.91. The van der Waals surface area contributed by atoms with Crippen molar-refractivity contribution in [2.75, 3.05) is 4.90 Å². The maximum Gasteiger partial charge on any atom is 0.0640 e. The first-order chi connectivity index (χ1) is 23.2. The number of hydrogen-bond acceptors (Lipinski definition) is 2. The van der Waals surface area contributed by atoms with E-state index >= 15 is 0 Å². The minimum absolute atomic E-state index is 0.0421. The minimum Gasteiger partial charge on any atom is -0.309 e. The highest BCUT2D eigenvalue weighted by atomic mass is 32.1. The van der Waals surface area contributed by atoms with Crippen molar-refractivity contribution in [3.63, 3.8) is 0 Å². The van der Waals surface area contributed by atoms with E-state index in [4.69, 9.17) is 0 Å². The summed E-state index contributed by atoms with van der Waals surface area (Å²) in [7, 11) is 0. The molecule has 0 radical (unpaired) electrons. The van der Waals surface area contributed by atoms with Crippen molar-refractivity contribution in [2.24, 2.45) is 0 Å². The molecule has 1 aliphatic rings. The lowest BCUT2D eigenvalue weighted by atomic mass is 9.71.